The van der Waals surface area contributed by atoms with Crippen molar-refractivity contribution in [2.45, 2.75) is 43.5 Å². The highest BCUT2D eigenvalue weighted by Gasteiger charge is 2.44. The molecule has 3 aromatic rings. The Hall–Kier alpha value is -3.47. The van der Waals surface area contributed by atoms with E-state index in [1.807, 2.05) is 50.2 Å². The van der Waals surface area contributed by atoms with Gasteiger partial charge in [0.15, 0.2) is 0 Å². The number of aryl methyl sites for hydroxylation is 2. The van der Waals surface area contributed by atoms with Gasteiger partial charge in [0, 0.05) is 12.2 Å². The summed E-state index contributed by atoms with van der Waals surface area (Å²) in [6.45, 7) is 3.58. The van der Waals surface area contributed by atoms with Crippen molar-refractivity contribution in [3.05, 3.63) is 95.1 Å². The smallest absolute Gasteiger partial charge is 0.243 e. The Kier molecular flexibility index (Phi) is 6.56. The third-order valence-electron chi connectivity index (χ3n) is 6.11. The van der Waals surface area contributed by atoms with E-state index in [1.165, 1.54) is 4.31 Å². The lowest BCUT2D eigenvalue weighted by molar-refractivity contribution is -0.116. The van der Waals surface area contributed by atoms with E-state index in [9.17, 15) is 18.5 Å². The number of carbonyl (C=O) groups is 1. The Morgan fingerprint density at radius 1 is 1.00 bits per heavy atom. The average molecular weight is 474 g/mol. The van der Waals surface area contributed by atoms with E-state index in [0.29, 0.717) is 5.69 Å². The van der Waals surface area contributed by atoms with Crippen LogP contribution in [0.15, 0.2) is 77.7 Å². The van der Waals surface area contributed by atoms with Gasteiger partial charge in [-0.15, -0.1) is 0 Å². The summed E-state index contributed by atoms with van der Waals surface area (Å²) in [6, 6.07) is 23.7. The molecular weight excluding hydrogens is 446 g/mol. The quantitative estimate of drug-likeness (QED) is 0.514. The lowest BCUT2D eigenvalue weighted by Gasteiger charge is -2.22. The van der Waals surface area contributed by atoms with Crippen LogP contribution in [0.4, 0.5) is 5.69 Å². The Bertz CT molecular complexity index is 1340. The van der Waals surface area contributed by atoms with Crippen molar-refractivity contribution in [3.63, 3.8) is 0 Å². The van der Waals surface area contributed by atoms with Crippen LogP contribution >= 0.6 is 0 Å². The maximum Gasteiger partial charge on any atom is 0.243 e. The van der Waals surface area contributed by atoms with Gasteiger partial charge in [0.2, 0.25) is 15.9 Å². The van der Waals surface area contributed by atoms with Crippen LogP contribution in [0.25, 0.3) is 0 Å². The minimum absolute atomic E-state index is 0.0783. The topological polar surface area (TPSA) is 90.3 Å². The zero-order valence-corrected chi connectivity index (χ0v) is 20.1. The summed E-state index contributed by atoms with van der Waals surface area (Å²) in [5, 5.41) is 12.2. The standard InChI is InChI=1S/C27H27N3O3S/c1-20-6-12-25(13-7-20)34(32,33)30(17-22-5-3-4-21(2)16-22)18-26(31)29-24-10-8-23(9-11-24)27(19-28)14-15-27/h3-13,16H,14-15,17-18H2,1-2H3,(H,29,31). The molecule has 7 heteroatoms. The number of sulfonamides is 1. The molecule has 0 bridgehead atoms. The van der Waals surface area contributed by atoms with E-state index in [0.717, 1.165) is 35.1 Å². The van der Waals surface area contributed by atoms with Gasteiger partial charge in [0.05, 0.1) is 22.9 Å². The molecule has 1 amide bonds. The molecule has 0 spiro atoms. The molecule has 3 aromatic carbocycles. The maximum absolute atomic E-state index is 13.4. The van der Waals surface area contributed by atoms with E-state index in [-0.39, 0.29) is 18.0 Å². The summed E-state index contributed by atoms with van der Waals surface area (Å²) in [4.78, 5) is 13.0. The van der Waals surface area contributed by atoms with Crippen molar-refractivity contribution >= 4 is 21.6 Å². The van der Waals surface area contributed by atoms with Gasteiger partial charge in [-0.3, -0.25) is 4.79 Å². The molecule has 0 atom stereocenters. The number of hydrogen-bond donors (Lipinski definition) is 1. The van der Waals surface area contributed by atoms with Crippen LogP contribution in [0.1, 0.15) is 35.1 Å². The zero-order valence-electron chi connectivity index (χ0n) is 19.3. The second kappa shape index (κ2) is 9.41. The first-order valence-electron chi connectivity index (χ1n) is 11.2. The van der Waals surface area contributed by atoms with Crippen molar-refractivity contribution in [1.29, 1.82) is 5.26 Å². The SMILES string of the molecule is Cc1ccc(S(=O)(=O)N(CC(=O)Nc2ccc(C3(C#N)CC3)cc2)Cc2cccc(C)c2)cc1. The fourth-order valence-corrected chi connectivity index (χ4v) is 5.31. The monoisotopic (exact) mass is 473 g/mol. The van der Waals surface area contributed by atoms with Crippen molar-refractivity contribution in [3.8, 4) is 6.07 Å². The Morgan fingerprint density at radius 2 is 1.68 bits per heavy atom. The van der Waals surface area contributed by atoms with Crippen LogP contribution in [0, 0.1) is 25.2 Å². The summed E-state index contributed by atoms with van der Waals surface area (Å²) in [5.74, 6) is -0.433. The average Bonchev–Trinajstić information content (AvgIpc) is 3.61. The largest absolute Gasteiger partial charge is 0.325 e. The van der Waals surface area contributed by atoms with Crippen LogP contribution in [-0.2, 0) is 26.8 Å². The highest BCUT2D eigenvalue weighted by atomic mass is 32.2. The van der Waals surface area contributed by atoms with Gasteiger partial charge in [0.25, 0.3) is 0 Å². The number of carbonyl (C=O) groups excluding carboxylic acids is 1. The number of benzene rings is 3. The highest BCUT2D eigenvalue weighted by Crippen LogP contribution is 2.47. The lowest BCUT2D eigenvalue weighted by Crippen LogP contribution is -2.37. The normalized spacial score (nSPS) is 14.4. The lowest BCUT2D eigenvalue weighted by atomic mass is 9.98. The summed E-state index contributed by atoms with van der Waals surface area (Å²) in [5.41, 5.74) is 3.88. The molecule has 0 unspecified atom stereocenters. The van der Waals surface area contributed by atoms with Crippen LogP contribution in [0.5, 0.6) is 0 Å². The van der Waals surface area contributed by atoms with Gasteiger partial charge >= 0.3 is 0 Å². The molecule has 0 aromatic heterocycles. The number of nitriles is 1. The van der Waals surface area contributed by atoms with Crippen molar-refractivity contribution in [2.75, 3.05) is 11.9 Å². The van der Waals surface area contributed by atoms with Crippen molar-refractivity contribution in [1.82, 2.24) is 4.31 Å². The highest BCUT2D eigenvalue weighted by molar-refractivity contribution is 7.89. The summed E-state index contributed by atoms with van der Waals surface area (Å²) < 4.78 is 28.1. The van der Waals surface area contributed by atoms with Crippen LogP contribution in [-0.4, -0.2) is 25.2 Å². The predicted molar refractivity (Wildman–Crippen MR) is 132 cm³/mol. The third-order valence-corrected chi connectivity index (χ3v) is 7.91. The van der Waals surface area contributed by atoms with Gasteiger partial charge in [0.1, 0.15) is 0 Å². The molecule has 0 saturated heterocycles. The van der Waals surface area contributed by atoms with Gasteiger partial charge in [-0.05, 0) is 62.1 Å². The summed E-state index contributed by atoms with van der Waals surface area (Å²) in [7, 11) is -3.90. The molecule has 0 radical (unpaired) electrons. The van der Waals surface area contributed by atoms with Gasteiger partial charge in [-0.1, -0.05) is 59.7 Å². The number of hydrogen-bond acceptors (Lipinski definition) is 4. The van der Waals surface area contributed by atoms with Gasteiger partial charge in [-0.25, -0.2) is 8.42 Å². The Labute approximate surface area is 200 Å². The second-order valence-electron chi connectivity index (χ2n) is 8.89. The van der Waals surface area contributed by atoms with E-state index in [1.54, 1.807) is 36.4 Å². The van der Waals surface area contributed by atoms with Crippen molar-refractivity contribution in [2.24, 2.45) is 0 Å². The number of nitrogens with one attached hydrogen (secondary N) is 1. The minimum Gasteiger partial charge on any atom is -0.325 e. The first-order valence-corrected chi connectivity index (χ1v) is 12.6. The molecule has 1 aliphatic carbocycles. The molecule has 1 fully saturated rings. The number of rotatable bonds is 8. The van der Waals surface area contributed by atoms with E-state index < -0.39 is 21.3 Å². The van der Waals surface area contributed by atoms with Gasteiger partial charge in [-0.2, -0.15) is 9.57 Å². The Morgan fingerprint density at radius 3 is 2.26 bits per heavy atom. The first-order chi connectivity index (χ1) is 16.2. The molecule has 34 heavy (non-hydrogen) atoms. The second-order valence-corrected chi connectivity index (χ2v) is 10.8. The number of nitrogens with zero attached hydrogens (tertiary/aromatic N) is 2. The van der Waals surface area contributed by atoms with Gasteiger partial charge < -0.3 is 5.32 Å². The fraction of sp³-hybridized carbons (Fsp3) is 0.259. The molecule has 1 N–H and O–H groups in total. The molecule has 0 aliphatic heterocycles. The molecule has 6 nitrogen and oxygen atoms in total. The third kappa shape index (κ3) is 5.19. The molecule has 1 aliphatic rings. The summed E-state index contributed by atoms with van der Waals surface area (Å²) in [6.07, 6.45) is 1.69. The number of amides is 1. The molecule has 4 rings (SSSR count). The van der Waals surface area contributed by atoms with Crippen LogP contribution in [0.2, 0.25) is 0 Å². The zero-order chi connectivity index (χ0) is 24.3. The van der Waals surface area contributed by atoms with E-state index in [4.69, 9.17) is 0 Å². The molecular formula is C27H27N3O3S. The minimum atomic E-state index is -3.90. The van der Waals surface area contributed by atoms with Crippen LogP contribution in [0.3, 0.4) is 0 Å². The maximum atomic E-state index is 13.4. The van der Waals surface area contributed by atoms with Crippen molar-refractivity contribution < 1.29 is 13.2 Å². The molecule has 0 heterocycles. The number of anilines is 1. The molecule has 1 saturated carbocycles. The first kappa shape index (κ1) is 23.7. The Balaban J connectivity index is 1.54. The van der Waals surface area contributed by atoms with E-state index in [2.05, 4.69) is 11.4 Å². The fourth-order valence-electron chi connectivity index (χ4n) is 3.92. The summed E-state index contributed by atoms with van der Waals surface area (Å²) >= 11 is 0. The van der Waals surface area contributed by atoms with Crippen LogP contribution < -0.4 is 5.32 Å². The predicted octanol–water partition coefficient (Wildman–Crippen LogP) is 4.69. The van der Waals surface area contributed by atoms with E-state index >= 15 is 0 Å². The molecule has 174 valence electrons.